The molecule has 2 bridgehead atoms. The molecule has 14 nitrogen and oxygen atoms in total. The molecular weight excluding hydrogens is 738 g/mol. The van der Waals surface area contributed by atoms with E-state index in [-0.39, 0.29) is 36.2 Å². The predicted octanol–water partition coefficient (Wildman–Crippen LogP) is 4.29. The van der Waals surface area contributed by atoms with E-state index in [1.54, 1.807) is 90.1 Å². The number of benzene rings is 2. The summed E-state index contributed by atoms with van der Waals surface area (Å²) in [7, 11) is 0. The zero-order chi connectivity index (χ0) is 41.9. The molecule has 0 spiro atoms. The van der Waals surface area contributed by atoms with Crippen LogP contribution >= 0.6 is 0 Å². The van der Waals surface area contributed by atoms with Gasteiger partial charge in [-0.1, -0.05) is 62.4 Å². The maximum Gasteiger partial charge on any atom is 0.408 e. The molecule has 10 atom stereocenters. The number of esters is 3. The van der Waals surface area contributed by atoms with E-state index in [9.17, 15) is 39.3 Å². The van der Waals surface area contributed by atoms with E-state index in [4.69, 9.17) is 23.7 Å². The van der Waals surface area contributed by atoms with Crippen molar-refractivity contribution < 1.29 is 63.0 Å². The molecule has 1 amide bonds. The number of hydrogen-bond acceptors (Lipinski definition) is 13. The summed E-state index contributed by atoms with van der Waals surface area (Å²) in [6, 6.07) is 15.8. The molecule has 0 aromatic heterocycles. The number of ketones is 1. The minimum atomic E-state index is -2.26. The van der Waals surface area contributed by atoms with Gasteiger partial charge < -0.3 is 44.3 Å². The summed E-state index contributed by atoms with van der Waals surface area (Å²) in [6.07, 6.45) is -9.11. The average molecular weight is 792 g/mol. The highest BCUT2D eigenvalue weighted by atomic mass is 16.6. The lowest BCUT2D eigenvalue weighted by atomic mass is 9.44. The average Bonchev–Trinajstić information content (AvgIpc) is 3.12. The molecule has 2 aromatic carbocycles. The van der Waals surface area contributed by atoms with Gasteiger partial charge in [0.2, 0.25) is 0 Å². The lowest BCUT2D eigenvalue weighted by molar-refractivity contribution is -0.345. The second-order valence-corrected chi connectivity index (χ2v) is 17.5. The third-order valence-electron chi connectivity index (χ3n) is 12.5. The first kappa shape index (κ1) is 42.0. The molecule has 2 saturated carbocycles. The van der Waals surface area contributed by atoms with Gasteiger partial charge in [-0.15, -0.1) is 0 Å². The van der Waals surface area contributed by atoms with Gasteiger partial charge in [0.15, 0.2) is 11.4 Å². The molecule has 3 fully saturated rings. The van der Waals surface area contributed by atoms with Gasteiger partial charge in [-0.2, -0.15) is 0 Å². The number of Topliss-reactive ketones (excluding diaryl/α,β-unsaturated/α-hetero) is 1. The Morgan fingerprint density at radius 3 is 2.14 bits per heavy atom. The van der Waals surface area contributed by atoms with Crippen molar-refractivity contribution in [3.8, 4) is 0 Å². The van der Waals surface area contributed by atoms with Crippen molar-refractivity contribution in [2.75, 3.05) is 6.61 Å². The van der Waals surface area contributed by atoms with Crippen molar-refractivity contribution in [3.05, 3.63) is 82.9 Å². The Labute approximate surface area is 331 Å². The van der Waals surface area contributed by atoms with Gasteiger partial charge in [0.1, 0.15) is 35.6 Å². The number of rotatable bonds is 8. The molecule has 0 unspecified atom stereocenters. The van der Waals surface area contributed by atoms with Crippen LogP contribution in [-0.4, -0.2) is 99.0 Å². The normalized spacial score (nSPS) is 33.5. The highest BCUT2D eigenvalue weighted by Gasteiger charge is 2.78. The van der Waals surface area contributed by atoms with Crippen LogP contribution in [0.5, 0.6) is 0 Å². The summed E-state index contributed by atoms with van der Waals surface area (Å²) in [5.41, 5.74) is -7.31. The molecule has 3 aliphatic carbocycles. The minimum absolute atomic E-state index is 0.0201. The number of fused-ring (bicyclic) bond motifs is 5. The Kier molecular flexibility index (Phi) is 11.0. The van der Waals surface area contributed by atoms with E-state index >= 15 is 0 Å². The Morgan fingerprint density at radius 1 is 0.965 bits per heavy atom. The maximum atomic E-state index is 14.9. The Balaban J connectivity index is 1.47. The second-order valence-electron chi connectivity index (χ2n) is 17.5. The minimum Gasteiger partial charge on any atom is -0.458 e. The molecular formula is C43H53NO13. The van der Waals surface area contributed by atoms with Crippen molar-refractivity contribution in [1.82, 2.24) is 5.32 Å². The number of hydrogen-bond donors (Lipinski definition) is 4. The molecule has 57 heavy (non-hydrogen) atoms. The van der Waals surface area contributed by atoms with Crippen LogP contribution in [0.15, 0.2) is 71.8 Å². The zero-order valence-electron chi connectivity index (χ0n) is 33.6. The fourth-order valence-corrected chi connectivity index (χ4v) is 9.53. The quantitative estimate of drug-likeness (QED) is 0.168. The smallest absolute Gasteiger partial charge is 0.408 e. The second kappa shape index (κ2) is 14.9. The summed E-state index contributed by atoms with van der Waals surface area (Å²) in [5, 5.41) is 40.2. The monoisotopic (exact) mass is 791 g/mol. The molecule has 1 aliphatic heterocycles. The molecule has 4 aliphatic rings. The molecule has 1 heterocycles. The molecule has 4 N–H and O–H groups in total. The summed E-state index contributed by atoms with van der Waals surface area (Å²) >= 11 is 0. The van der Waals surface area contributed by atoms with Crippen LogP contribution in [0, 0.1) is 16.7 Å². The summed E-state index contributed by atoms with van der Waals surface area (Å²) in [5.74, 6) is -4.75. The van der Waals surface area contributed by atoms with Crippen LogP contribution in [0.3, 0.4) is 0 Å². The third-order valence-corrected chi connectivity index (χ3v) is 12.5. The van der Waals surface area contributed by atoms with Crippen molar-refractivity contribution in [1.29, 1.82) is 0 Å². The first-order valence-electron chi connectivity index (χ1n) is 19.2. The fraction of sp³-hybridized carbons (Fsp3) is 0.558. The lowest BCUT2D eigenvalue weighted by Gasteiger charge is -2.67. The van der Waals surface area contributed by atoms with E-state index in [2.05, 4.69) is 5.32 Å². The highest BCUT2D eigenvalue weighted by Crippen LogP contribution is 2.64. The number of amides is 1. The summed E-state index contributed by atoms with van der Waals surface area (Å²) < 4.78 is 29.8. The van der Waals surface area contributed by atoms with Gasteiger partial charge in [0.05, 0.1) is 42.1 Å². The van der Waals surface area contributed by atoms with Crippen molar-refractivity contribution >= 4 is 29.8 Å². The van der Waals surface area contributed by atoms with Gasteiger partial charge in [0.25, 0.3) is 0 Å². The van der Waals surface area contributed by atoms with Gasteiger partial charge in [-0.25, -0.2) is 9.59 Å². The summed E-state index contributed by atoms with van der Waals surface area (Å²) in [4.78, 5) is 68.8. The molecule has 308 valence electrons. The number of aliphatic hydroxyl groups excluding tert-OH is 2. The predicted molar refractivity (Wildman–Crippen MR) is 202 cm³/mol. The van der Waals surface area contributed by atoms with E-state index in [1.807, 2.05) is 0 Å². The number of nitrogens with one attached hydrogen (secondary N) is 1. The van der Waals surface area contributed by atoms with Gasteiger partial charge in [-0.05, 0) is 63.5 Å². The third kappa shape index (κ3) is 7.26. The molecule has 14 heteroatoms. The molecule has 0 radical (unpaired) electrons. The summed E-state index contributed by atoms with van der Waals surface area (Å²) in [6.45, 7) is 12.2. The zero-order valence-corrected chi connectivity index (χ0v) is 33.6. The van der Waals surface area contributed by atoms with Gasteiger partial charge in [0, 0.05) is 25.2 Å². The molecule has 6 rings (SSSR count). The standard InChI is InChI=1S/C43H53NO13/c1-23-28(54-31(47)19-27(25-15-11-9-12-16-25)44-38(51)57-39(3,4)5)21-43(52)36(55-37(50)26-17-13-10-14-18-26)34-41(8,35(49)33(48)32(23)40(43,6)7)29(46)20-30-42(34,22-53-30)56-24(2)45/h9-18,27-30,33-34,36,46,48,52H,19-22H2,1-8H3,(H,44,51)/t27-,28+,29+,30-,33-,34+,36+,41-,42+,43+/m1/s1. The maximum absolute atomic E-state index is 14.9. The SMILES string of the molecule is CC(=O)O[C@@]12CO[C@@H]1C[C@H](O)[C@@]1(C)C(=O)[C@H](O)C3=C(C)[C@@H](OC(=O)C[C@@H](NC(=O)OC(C)(C)C)c4ccccc4)C[C@](O)([C@@H](OC(=O)c4ccccc4)[C@H]21)C3(C)C. The van der Waals surface area contributed by atoms with Crippen LogP contribution in [0.4, 0.5) is 4.79 Å². The Hall–Kier alpha value is -4.63. The Morgan fingerprint density at radius 2 is 1.58 bits per heavy atom. The molecule has 1 saturated heterocycles. The highest BCUT2D eigenvalue weighted by molar-refractivity contribution is 5.94. The van der Waals surface area contributed by atoms with E-state index in [0.717, 1.165) is 0 Å². The van der Waals surface area contributed by atoms with Gasteiger partial charge in [-0.3, -0.25) is 14.4 Å². The van der Waals surface area contributed by atoms with Crippen molar-refractivity contribution in [2.45, 2.75) is 128 Å². The number of aliphatic hydroxyl groups is 3. The fourth-order valence-electron chi connectivity index (χ4n) is 9.53. The van der Waals surface area contributed by atoms with Crippen LogP contribution in [0.2, 0.25) is 0 Å². The van der Waals surface area contributed by atoms with Crippen LogP contribution in [0.25, 0.3) is 0 Å². The van der Waals surface area contributed by atoms with E-state index in [0.29, 0.717) is 5.56 Å². The lowest BCUT2D eigenvalue weighted by Crippen LogP contribution is -2.81. The van der Waals surface area contributed by atoms with Crippen LogP contribution in [0.1, 0.15) is 96.6 Å². The topological polar surface area (TPSA) is 204 Å². The van der Waals surface area contributed by atoms with E-state index in [1.165, 1.54) is 26.0 Å². The first-order chi connectivity index (χ1) is 26.6. The number of ether oxygens (including phenoxy) is 5. The Bertz CT molecular complexity index is 1940. The largest absolute Gasteiger partial charge is 0.458 e. The van der Waals surface area contributed by atoms with Crippen LogP contribution < -0.4 is 5.32 Å². The van der Waals surface area contributed by atoms with Crippen molar-refractivity contribution in [2.24, 2.45) is 16.7 Å². The first-order valence-corrected chi connectivity index (χ1v) is 19.2. The number of alkyl carbamates (subject to hydrolysis) is 1. The van der Waals surface area contributed by atoms with Gasteiger partial charge >= 0.3 is 24.0 Å². The molecule has 2 aromatic rings. The van der Waals surface area contributed by atoms with Crippen LogP contribution in [-0.2, 0) is 38.1 Å². The number of carbonyl (C=O) groups excluding carboxylic acids is 5. The van der Waals surface area contributed by atoms with Crippen molar-refractivity contribution in [3.63, 3.8) is 0 Å². The van der Waals surface area contributed by atoms with E-state index < -0.39 is 106 Å². The number of carbonyl (C=O) groups is 5.